The maximum Gasteiger partial charge on any atom is 0.524 e. The number of aryl methyl sites for hydroxylation is 2. The fourth-order valence-electron chi connectivity index (χ4n) is 1.97. The fourth-order valence-corrected chi connectivity index (χ4v) is 2.40. The van der Waals surface area contributed by atoms with Gasteiger partial charge in [0.25, 0.3) is 0 Å². The van der Waals surface area contributed by atoms with Gasteiger partial charge in [0.2, 0.25) is 0 Å². The summed E-state index contributed by atoms with van der Waals surface area (Å²) in [6.07, 6.45) is 0.919. The Kier molecular flexibility index (Phi) is 4.53. The van der Waals surface area contributed by atoms with E-state index in [-0.39, 0.29) is 17.2 Å². The normalized spacial score (nSPS) is 11.3. The van der Waals surface area contributed by atoms with Crippen LogP contribution in [0.25, 0.3) is 0 Å². The lowest BCUT2D eigenvalue weighted by Gasteiger charge is -2.12. The predicted octanol–water partition coefficient (Wildman–Crippen LogP) is 2.35. The highest BCUT2D eigenvalue weighted by Gasteiger charge is 2.18. The van der Waals surface area contributed by atoms with Crippen LogP contribution < -0.4 is 4.52 Å². The first kappa shape index (κ1) is 15.4. The molecule has 2 aromatic carbocycles. The van der Waals surface area contributed by atoms with E-state index in [1.54, 1.807) is 18.2 Å². The van der Waals surface area contributed by atoms with Crippen molar-refractivity contribution in [2.75, 3.05) is 0 Å². The predicted molar refractivity (Wildman–Crippen MR) is 76.3 cm³/mol. The van der Waals surface area contributed by atoms with Gasteiger partial charge in [-0.15, -0.1) is 0 Å². The molecule has 0 unspecified atom stereocenters. The zero-order valence-corrected chi connectivity index (χ0v) is 11.9. The molecule has 7 heteroatoms. The highest BCUT2D eigenvalue weighted by atomic mass is 31.2. The molecule has 0 spiro atoms. The third-order valence-electron chi connectivity index (χ3n) is 2.85. The van der Waals surface area contributed by atoms with Crippen molar-refractivity contribution in [1.82, 2.24) is 0 Å². The summed E-state index contributed by atoms with van der Waals surface area (Å²) in [6, 6.07) is 10.7. The molecule has 0 radical (unpaired) electrons. The van der Waals surface area contributed by atoms with Crippen LogP contribution in [0.5, 0.6) is 17.2 Å². The molecule has 0 aliphatic rings. The van der Waals surface area contributed by atoms with E-state index in [4.69, 9.17) is 9.79 Å². The Morgan fingerprint density at radius 2 is 1.67 bits per heavy atom. The molecule has 2 aromatic rings. The standard InChI is InChI=1S/C14H15O6P/c15-12-3-1-2-10(8-12)4-5-11-9-13(16)6-7-14(11)20-21(17,18)19/h1-3,6-9,15-16H,4-5H2,(H2,17,18,19). The molecule has 0 bridgehead atoms. The van der Waals surface area contributed by atoms with Crippen molar-refractivity contribution in [1.29, 1.82) is 0 Å². The summed E-state index contributed by atoms with van der Waals surface area (Å²) >= 11 is 0. The number of benzene rings is 2. The zero-order chi connectivity index (χ0) is 15.5. The summed E-state index contributed by atoms with van der Waals surface area (Å²) in [4.78, 5) is 17.8. The van der Waals surface area contributed by atoms with Crippen molar-refractivity contribution < 1.29 is 29.1 Å². The van der Waals surface area contributed by atoms with Gasteiger partial charge in [-0.05, 0) is 54.3 Å². The van der Waals surface area contributed by atoms with Gasteiger partial charge in [-0.1, -0.05) is 12.1 Å². The second-order valence-electron chi connectivity index (χ2n) is 4.54. The van der Waals surface area contributed by atoms with Gasteiger partial charge in [-0.25, -0.2) is 4.57 Å². The highest BCUT2D eigenvalue weighted by molar-refractivity contribution is 7.46. The molecule has 0 aliphatic carbocycles. The maximum atomic E-state index is 10.9. The molecule has 0 aromatic heterocycles. The van der Waals surface area contributed by atoms with Gasteiger partial charge >= 0.3 is 7.82 Å². The van der Waals surface area contributed by atoms with Crippen molar-refractivity contribution in [3.63, 3.8) is 0 Å². The van der Waals surface area contributed by atoms with Gasteiger partial charge in [0.15, 0.2) is 0 Å². The van der Waals surface area contributed by atoms with Crippen LogP contribution in [0.15, 0.2) is 42.5 Å². The number of rotatable bonds is 5. The molecule has 6 nitrogen and oxygen atoms in total. The lowest BCUT2D eigenvalue weighted by molar-refractivity contribution is 0.282. The molecule has 0 aliphatic heterocycles. The molecule has 21 heavy (non-hydrogen) atoms. The molecule has 112 valence electrons. The first-order chi connectivity index (χ1) is 9.83. The summed E-state index contributed by atoms with van der Waals surface area (Å²) in [7, 11) is -4.65. The molecule has 0 saturated heterocycles. The number of phenolic OH excluding ortho intramolecular Hbond substituents is 2. The van der Waals surface area contributed by atoms with Crippen molar-refractivity contribution in [3.8, 4) is 17.2 Å². The number of hydrogen-bond donors (Lipinski definition) is 4. The zero-order valence-electron chi connectivity index (χ0n) is 11.0. The van der Waals surface area contributed by atoms with E-state index < -0.39 is 7.82 Å². The van der Waals surface area contributed by atoms with Crippen molar-refractivity contribution >= 4 is 7.82 Å². The third-order valence-corrected chi connectivity index (χ3v) is 3.29. The summed E-state index contributed by atoms with van der Waals surface area (Å²) in [5, 5.41) is 18.9. The van der Waals surface area contributed by atoms with Crippen LogP contribution in [-0.2, 0) is 17.4 Å². The Morgan fingerprint density at radius 1 is 0.952 bits per heavy atom. The van der Waals surface area contributed by atoms with Gasteiger partial charge in [0.1, 0.15) is 17.2 Å². The molecular formula is C14H15O6P. The van der Waals surface area contributed by atoms with Crippen molar-refractivity contribution in [2.45, 2.75) is 12.8 Å². The first-order valence-electron chi connectivity index (χ1n) is 6.18. The molecule has 0 atom stereocenters. The van der Waals surface area contributed by atoms with Crippen LogP contribution >= 0.6 is 7.82 Å². The monoisotopic (exact) mass is 310 g/mol. The van der Waals surface area contributed by atoms with Crippen LogP contribution in [-0.4, -0.2) is 20.0 Å². The Bertz CT molecular complexity index is 679. The third kappa shape index (κ3) is 4.79. The van der Waals surface area contributed by atoms with E-state index in [1.807, 2.05) is 6.07 Å². The molecular weight excluding hydrogens is 295 g/mol. The number of aromatic hydroxyl groups is 2. The average Bonchev–Trinajstić information content (AvgIpc) is 2.38. The molecule has 4 N–H and O–H groups in total. The van der Waals surface area contributed by atoms with Gasteiger partial charge in [-0.3, -0.25) is 9.79 Å². The summed E-state index contributed by atoms with van der Waals surface area (Å²) < 4.78 is 15.5. The average molecular weight is 310 g/mol. The van der Waals surface area contributed by atoms with Crippen molar-refractivity contribution in [3.05, 3.63) is 53.6 Å². The van der Waals surface area contributed by atoms with Crippen LogP contribution in [0.2, 0.25) is 0 Å². The fraction of sp³-hybridized carbons (Fsp3) is 0.143. The Labute approximate surface area is 121 Å². The number of hydrogen-bond acceptors (Lipinski definition) is 4. The highest BCUT2D eigenvalue weighted by Crippen LogP contribution is 2.40. The minimum Gasteiger partial charge on any atom is -0.508 e. The van der Waals surface area contributed by atoms with Crippen LogP contribution in [0.1, 0.15) is 11.1 Å². The molecule has 2 rings (SSSR count). The number of phosphoric ester groups is 1. The van der Waals surface area contributed by atoms with E-state index in [1.165, 1.54) is 18.2 Å². The van der Waals surface area contributed by atoms with Crippen LogP contribution in [0, 0.1) is 0 Å². The minimum absolute atomic E-state index is 0.0148. The van der Waals surface area contributed by atoms with Gasteiger partial charge in [-0.2, -0.15) is 0 Å². The topological polar surface area (TPSA) is 107 Å². The minimum atomic E-state index is -4.65. The van der Waals surface area contributed by atoms with E-state index in [9.17, 15) is 14.8 Å². The second kappa shape index (κ2) is 6.18. The van der Waals surface area contributed by atoms with Crippen molar-refractivity contribution in [2.24, 2.45) is 0 Å². The SMILES string of the molecule is O=P(O)(O)Oc1ccc(O)cc1CCc1cccc(O)c1. The Morgan fingerprint density at radius 3 is 2.33 bits per heavy atom. The lowest BCUT2D eigenvalue weighted by atomic mass is 10.0. The molecule has 0 fully saturated rings. The van der Waals surface area contributed by atoms with Crippen LogP contribution in [0.3, 0.4) is 0 Å². The first-order valence-corrected chi connectivity index (χ1v) is 7.71. The summed E-state index contributed by atoms with van der Waals surface area (Å²) in [6.45, 7) is 0. The summed E-state index contributed by atoms with van der Waals surface area (Å²) in [5.41, 5.74) is 1.34. The van der Waals surface area contributed by atoms with E-state index in [0.29, 0.717) is 18.4 Å². The van der Waals surface area contributed by atoms with Gasteiger partial charge in [0, 0.05) is 0 Å². The second-order valence-corrected chi connectivity index (χ2v) is 5.71. The smallest absolute Gasteiger partial charge is 0.508 e. The van der Waals surface area contributed by atoms with E-state index >= 15 is 0 Å². The Hall–Kier alpha value is -2.01. The largest absolute Gasteiger partial charge is 0.524 e. The van der Waals surface area contributed by atoms with Gasteiger partial charge < -0.3 is 14.7 Å². The van der Waals surface area contributed by atoms with Crippen LogP contribution in [0.4, 0.5) is 0 Å². The molecule has 0 heterocycles. The number of phenols is 2. The van der Waals surface area contributed by atoms with Gasteiger partial charge in [0.05, 0.1) is 0 Å². The molecule has 0 saturated carbocycles. The molecule has 0 amide bonds. The van der Waals surface area contributed by atoms with E-state index in [0.717, 1.165) is 5.56 Å². The quantitative estimate of drug-likeness (QED) is 0.632. The van der Waals surface area contributed by atoms with E-state index in [2.05, 4.69) is 4.52 Å². The number of phosphoric acid groups is 1. The Balaban J connectivity index is 2.18. The maximum absolute atomic E-state index is 10.9. The summed E-state index contributed by atoms with van der Waals surface area (Å²) in [5.74, 6) is 0.162. The lowest BCUT2D eigenvalue weighted by Crippen LogP contribution is -1.97.